The number of ether oxygens (including phenoxy) is 1. The van der Waals surface area contributed by atoms with Crippen LogP contribution < -0.4 is 4.72 Å². The summed E-state index contributed by atoms with van der Waals surface area (Å²) in [6, 6.07) is 0. The first kappa shape index (κ1) is 17.4. The summed E-state index contributed by atoms with van der Waals surface area (Å²) in [7, 11) is -1.58. The number of nitrogens with zero attached hydrogens (tertiary/aromatic N) is 3. The van der Waals surface area contributed by atoms with Gasteiger partial charge in [-0.3, -0.25) is 9.52 Å². The molecular weight excluding hydrogens is 344 g/mol. The molecule has 0 spiro atoms. The summed E-state index contributed by atoms with van der Waals surface area (Å²) in [5, 5.41) is 4.49. The molecular formula is C16H20N4O4S. The monoisotopic (exact) mass is 364 g/mol. The first-order valence-corrected chi connectivity index (χ1v) is 9.04. The largest absolute Gasteiger partial charge is 0.444 e. The Hall–Kier alpha value is -2.42. The quantitative estimate of drug-likeness (QED) is 0.858. The highest BCUT2D eigenvalue weighted by molar-refractivity contribution is 7.93. The molecule has 25 heavy (non-hydrogen) atoms. The number of nitrogens with one attached hydrogen (secondary N) is 1. The van der Waals surface area contributed by atoms with Crippen LogP contribution >= 0.6 is 0 Å². The molecule has 1 N–H and O–H groups in total. The van der Waals surface area contributed by atoms with Crippen LogP contribution in [0.5, 0.6) is 0 Å². The molecule has 0 aliphatic carbocycles. The van der Waals surface area contributed by atoms with E-state index in [9.17, 15) is 13.8 Å². The lowest BCUT2D eigenvalue weighted by Gasteiger charge is -2.29. The highest BCUT2D eigenvalue weighted by Gasteiger charge is 2.25. The van der Waals surface area contributed by atoms with E-state index in [1.54, 1.807) is 17.3 Å². The van der Waals surface area contributed by atoms with E-state index in [-0.39, 0.29) is 6.09 Å². The van der Waals surface area contributed by atoms with Crippen LogP contribution in [-0.2, 0) is 20.5 Å². The van der Waals surface area contributed by atoms with Crippen LogP contribution in [0.1, 0.15) is 32.8 Å². The van der Waals surface area contributed by atoms with Gasteiger partial charge in [-0.15, -0.1) is 0 Å². The van der Waals surface area contributed by atoms with Gasteiger partial charge in [0.15, 0.2) is 16.0 Å². The average molecular weight is 364 g/mol. The Morgan fingerprint density at radius 1 is 1.40 bits per heavy atom. The lowest BCUT2D eigenvalue weighted by atomic mass is 10.0. The number of amides is 2. The third-order valence-corrected chi connectivity index (χ3v) is 4.75. The second-order valence-electron chi connectivity index (χ2n) is 6.80. The van der Waals surface area contributed by atoms with Crippen LogP contribution in [0.2, 0.25) is 0 Å². The van der Waals surface area contributed by atoms with Crippen molar-refractivity contribution in [3.8, 4) is 0 Å². The molecule has 3 rings (SSSR count). The maximum Gasteiger partial charge on any atom is 0.410 e. The fraction of sp³-hybridized carbons (Fsp3) is 0.438. The smallest absolute Gasteiger partial charge is 0.410 e. The molecule has 8 nitrogen and oxygen atoms in total. The van der Waals surface area contributed by atoms with Gasteiger partial charge in [0.2, 0.25) is 0 Å². The summed E-state index contributed by atoms with van der Waals surface area (Å²) in [4.78, 5) is 25.0. The van der Waals surface area contributed by atoms with Crippen LogP contribution in [-0.4, -0.2) is 49.6 Å². The van der Waals surface area contributed by atoms with Gasteiger partial charge in [-0.1, -0.05) is 6.08 Å². The maximum absolute atomic E-state index is 12.1. The summed E-state index contributed by atoms with van der Waals surface area (Å²) in [5.74, 6) is -0.393. The van der Waals surface area contributed by atoms with Crippen LogP contribution in [0.3, 0.4) is 0 Å². The molecule has 9 heteroatoms. The molecule has 134 valence electrons. The van der Waals surface area contributed by atoms with Crippen molar-refractivity contribution in [2.45, 2.75) is 32.8 Å². The fourth-order valence-corrected chi connectivity index (χ4v) is 3.35. The minimum absolute atomic E-state index is 0.308. The minimum atomic E-state index is -1.58. The lowest BCUT2D eigenvalue weighted by molar-refractivity contribution is -0.114. The average Bonchev–Trinajstić information content (AvgIpc) is 3.12. The zero-order chi connectivity index (χ0) is 18.2. The third-order valence-electron chi connectivity index (χ3n) is 3.68. The highest BCUT2D eigenvalue weighted by atomic mass is 32.2. The van der Waals surface area contributed by atoms with Gasteiger partial charge in [0.1, 0.15) is 5.60 Å². The van der Waals surface area contributed by atoms with Crippen molar-refractivity contribution >= 4 is 33.6 Å². The molecule has 1 unspecified atom stereocenters. The first-order chi connectivity index (χ1) is 11.7. The molecule has 0 saturated carbocycles. The molecule has 1 aromatic heterocycles. The predicted octanol–water partition coefficient (Wildman–Crippen LogP) is 1.50. The van der Waals surface area contributed by atoms with Crippen molar-refractivity contribution in [2.75, 3.05) is 13.1 Å². The minimum Gasteiger partial charge on any atom is -0.444 e. The zero-order valence-corrected chi connectivity index (χ0v) is 15.1. The molecule has 1 aromatic rings. The van der Waals surface area contributed by atoms with Crippen LogP contribution in [0.25, 0.3) is 10.6 Å². The van der Waals surface area contributed by atoms with Gasteiger partial charge < -0.3 is 9.64 Å². The number of hydrogen-bond donors (Lipinski definition) is 1. The van der Waals surface area contributed by atoms with Crippen molar-refractivity contribution in [3.63, 3.8) is 0 Å². The molecule has 0 fully saturated rings. The molecule has 2 aliphatic rings. The van der Waals surface area contributed by atoms with Crippen molar-refractivity contribution < 1.29 is 18.5 Å². The molecule has 1 atom stereocenters. The van der Waals surface area contributed by atoms with Gasteiger partial charge in [0, 0.05) is 30.9 Å². The van der Waals surface area contributed by atoms with Gasteiger partial charge in [0.25, 0.3) is 5.91 Å². The molecule has 3 heterocycles. The van der Waals surface area contributed by atoms with E-state index in [4.69, 9.17) is 4.74 Å². The van der Waals surface area contributed by atoms with Gasteiger partial charge in [0.05, 0.1) is 6.20 Å². The standard InChI is InChI=1S/C16H20N4O4S/c1-16(2,3)24-15(22)19-6-4-11(5-7-19)12-9-17-20(10-12)14-8-13(21)18-25(14)23/h4,8-10H,5-7H2,1-3H3,(H,18,21). The predicted molar refractivity (Wildman–Crippen MR) is 93.2 cm³/mol. The SMILES string of the molecule is CC(C)(C)OC(=O)N1CC=C(c2cnn(C3=CC(=O)NS3=O)c2)CC1. The van der Waals surface area contributed by atoms with E-state index >= 15 is 0 Å². The van der Waals surface area contributed by atoms with Crippen molar-refractivity contribution in [1.82, 2.24) is 19.4 Å². The Labute approximate surface area is 148 Å². The van der Waals surface area contributed by atoms with Gasteiger partial charge >= 0.3 is 6.09 Å². The van der Waals surface area contributed by atoms with Crippen molar-refractivity contribution in [3.05, 3.63) is 30.1 Å². The molecule has 2 aliphatic heterocycles. The molecule has 2 amide bonds. The van der Waals surface area contributed by atoms with Gasteiger partial charge in [-0.25, -0.2) is 13.7 Å². The lowest BCUT2D eigenvalue weighted by Crippen LogP contribution is -2.39. The number of aromatic nitrogens is 2. The topological polar surface area (TPSA) is 93.5 Å². The summed E-state index contributed by atoms with van der Waals surface area (Å²) in [5.41, 5.74) is 1.41. The number of carbonyl (C=O) groups is 2. The Bertz CT molecular complexity index is 803. The third kappa shape index (κ3) is 3.98. The van der Waals surface area contributed by atoms with Crippen molar-refractivity contribution in [1.29, 1.82) is 0 Å². The van der Waals surface area contributed by atoms with Crippen LogP contribution in [0, 0.1) is 0 Å². The van der Waals surface area contributed by atoms with Gasteiger partial charge in [-0.2, -0.15) is 5.10 Å². The van der Waals surface area contributed by atoms with E-state index in [1.807, 2.05) is 26.8 Å². The molecule has 0 saturated heterocycles. The van der Waals surface area contributed by atoms with E-state index in [1.165, 1.54) is 10.8 Å². The Morgan fingerprint density at radius 3 is 2.72 bits per heavy atom. The molecule has 0 radical (unpaired) electrons. The summed E-state index contributed by atoms with van der Waals surface area (Å²) < 4.78 is 20.9. The summed E-state index contributed by atoms with van der Waals surface area (Å²) in [6.45, 7) is 6.54. The second-order valence-corrected chi connectivity index (χ2v) is 7.96. The van der Waals surface area contributed by atoms with Crippen LogP contribution in [0.4, 0.5) is 4.79 Å². The normalized spacial score (nSPS) is 20.8. The van der Waals surface area contributed by atoms with Crippen molar-refractivity contribution in [2.24, 2.45) is 0 Å². The fourth-order valence-electron chi connectivity index (χ4n) is 2.52. The van der Waals surface area contributed by atoms with E-state index in [0.29, 0.717) is 24.5 Å². The molecule has 0 bridgehead atoms. The maximum atomic E-state index is 12.1. The molecule has 0 aromatic carbocycles. The van der Waals surface area contributed by atoms with Gasteiger partial charge in [-0.05, 0) is 32.8 Å². The summed E-state index contributed by atoms with van der Waals surface area (Å²) in [6.07, 6.45) is 6.97. The number of rotatable bonds is 2. The van der Waals surface area contributed by atoms with E-state index in [0.717, 1.165) is 11.1 Å². The second kappa shape index (κ2) is 6.47. The van der Waals surface area contributed by atoms with E-state index in [2.05, 4.69) is 9.82 Å². The Morgan fingerprint density at radius 2 is 2.16 bits per heavy atom. The van der Waals surface area contributed by atoms with Crippen LogP contribution in [0.15, 0.2) is 24.5 Å². The Kier molecular flexibility index (Phi) is 4.51. The highest BCUT2D eigenvalue weighted by Crippen LogP contribution is 2.24. The zero-order valence-electron chi connectivity index (χ0n) is 14.3. The summed E-state index contributed by atoms with van der Waals surface area (Å²) >= 11 is 0. The number of carbonyl (C=O) groups excluding carboxylic acids is 2. The Balaban J connectivity index is 1.69. The number of hydrogen-bond acceptors (Lipinski definition) is 5. The first-order valence-electron chi connectivity index (χ1n) is 7.89. The van der Waals surface area contributed by atoms with E-state index < -0.39 is 22.5 Å².